The molecule has 2 aromatic carbocycles. The minimum Gasteiger partial charge on any atom is -0.406 e. The van der Waals surface area contributed by atoms with E-state index in [-0.39, 0.29) is 11.3 Å². The molecule has 1 heterocycles. The van der Waals surface area contributed by atoms with Crippen LogP contribution in [-0.2, 0) is 0 Å². The van der Waals surface area contributed by atoms with Crippen LogP contribution in [0, 0.1) is 0 Å². The summed E-state index contributed by atoms with van der Waals surface area (Å²) in [5.74, 6) is -0.282. The third-order valence-corrected chi connectivity index (χ3v) is 3.09. The first kappa shape index (κ1) is 14.1. The maximum Gasteiger partial charge on any atom is 0.573 e. The fraction of sp³-hybridized carbons (Fsp3) is 0.0667. The summed E-state index contributed by atoms with van der Waals surface area (Å²) in [6.07, 6.45) is -3.20. The number of hydrogen-bond acceptors (Lipinski definition) is 3. The summed E-state index contributed by atoms with van der Waals surface area (Å²) in [5.41, 5.74) is 1.17. The molecule has 1 N–H and O–H groups in total. The van der Waals surface area contributed by atoms with E-state index >= 15 is 0 Å². The lowest BCUT2D eigenvalue weighted by Gasteiger charge is -2.09. The summed E-state index contributed by atoms with van der Waals surface area (Å²) in [4.78, 5) is 11.6. The van der Waals surface area contributed by atoms with Crippen LogP contribution in [-0.4, -0.2) is 16.6 Å². The first-order valence-corrected chi connectivity index (χ1v) is 6.26. The lowest BCUT2D eigenvalue weighted by molar-refractivity contribution is -0.274. The predicted molar refractivity (Wildman–Crippen MR) is 74.5 cm³/mol. The molecule has 0 aliphatic heterocycles. The Hall–Kier alpha value is -2.83. The Kier molecular flexibility index (Phi) is 3.32. The summed E-state index contributed by atoms with van der Waals surface area (Å²) in [7, 11) is 0. The van der Waals surface area contributed by atoms with E-state index in [2.05, 4.69) is 14.9 Å². The van der Waals surface area contributed by atoms with Gasteiger partial charge in [0.1, 0.15) is 5.75 Å². The summed E-state index contributed by atoms with van der Waals surface area (Å²) < 4.78 is 40.2. The second kappa shape index (κ2) is 5.18. The van der Waals surface area contributed by atoms with Gasteiger partial charge in [0, 0.05) is 5.39 Å². The van der Waals surface area contributed by atoms with Crippen LogP contribution in [0.4, 0.5) is 13.2 Å². The highest BCUT2D eigenvalue weighted by Crippen LogP contribution is 2.27. The van der Waals surface area contributed by atoms with Crippen molar-refractivity contribution in [3.05, 3.63) is 59.0 Å². The molecule has 0 aliphatic carbocycles. The van der Waals surface area contributed by atoms with E-state index < -0.39 is 6.36 Å². The Morgan fingerprint density at radius 1 is 1.00 bits per heavy atom. The molecule has 1 aromatic heterocycles. The van der Waals surface area contributed by atoms with Gasteiger partial charge < -0.3 is 4.74 Å². The van der Waals surface area contributed by atoms with Crippen LogP contribution in [0.15, 0.2) is 53.5 Å². The number of alkyl halides is 3. The number of rotatable bonds is 2. The maximum atomic E-state index is 12.1. The van der Waals surface area contributed by atoms with Gasteiger partial charge in [0.05, 0.1) is 11.6 Å². The predicted octanol–water partition coefficient (Wildman–Crippen LogP) is 3.49. The first-order chi connectivity index (χ1) is 10.4. The number of ether oxygens (including phenoxy) is 1. The van der Waals surface area contributed by atoms with Crippen molar-refractivity contribution < 1.29 is 17.9 Å². The van der Waals surface area contributed by atoms with Crippen LogP contribution >= 0.6 is 0 Å². The fourth-order valence-electron chi connectivity index (χ4n) is 2.13. The Bertz CT molecular complexity index is 870. The molecule has 0 saturated carbocycles. The number of aromatic amines is 1. The first-order valence-electron chi connectivity index (χ1n) is 6.26. The van der Waals surface area contributed by atoms with Gasteiger partial charge in [0.25, 0.3) is 5.56 Å². The van der Waals surface area contributed by atoms with Crippen molar-refractivity contribution >= 4 is 10.8 Å². The van der Waals surface area contributed by atoms with Gasteiger partial charge >= 0.3 is 6.36 Å². The minimum atomic E-state index is -4.71. The summed E-state index contributed by atoms with van der Waals surface area (Å²) in [6.45, 7) is 0. The van der Waals surface area contributed by atoms with Gasteiger partial charge in [-0.2, -0.15) is 5.10 Å². The Morgan fingerprint density at radius 3 is 2.36 bits per heavy atom. The SMILES string of the molecule is O=c1[nH]ncc2cc(-c3ccc(OC(F)(F)F)cc3)ccc12. The summed E-state index contributed by atoms with van der Waals surface area (Å²) in [6, 6.07) is 10.6. The minimum absolute atomic E-state index is 0.282. The number of aromatic nitrogens is 2. The normalized spacial score (nSPS) is 11.6. The average Bonchev–Trinajstić information content (AvgIpc) is 2.46. The van der Waals surface area contributed by atoms with Crippen molar-refractivity contribution in [1.29, 1.82) is 0 Å². The van der Waals surface area contributed by atoms with Crippen molar-refractivity contribution in [2.45, 2.75) is 6.36 Å². The molecule has 3 aromatic rings. The highest BCUT2D eigenvalue weighted by molar-refractivity contribution is 5.85. The molecule has 3 rings (SSSR count). The van der Waals surface area contributed by atoms with Crippen molar-refractivity contribution in [2.24, 2.45) is 0 Å². The van der Waals surface area contributed by atoms with Crippen LogP contribution in [0.3, 0.4) is 0 Å². The summed E-state index contributed by atoms with van der Waals surface area (Å²) in [5, 5.41) is 7.20. The molecule has 112 valence electrons. The molecule has 0 aliphatic rings. The largest absolute Gasteiger partial charge is 0.573 e. The lowest BCUT2D eigenvalue weighted by atomic mass is 10.0. The van der Waals surface area contributed by atoms with Crippen LogP contribution in [0.2, 0.25) is 0 Å². The van der Waals surface area contributed by atoms with E-state index in [4.69, 9.17) is 0 Å². The van der Waals surface area contributed by atoms with E-state index in [1.807, 2.05) is 0 Å². The molecular weight excluding hydrogens is 297 g/mol. The molecule has 0 radical (unpaired) electrons. The van der Waals surface area contributed by atoms with Gasteiger partial charge in [-0.05, 0) is 35.4 Å². The van der Waals surface area contributed by atoms with E-state index in [1.165, 1.54) is 30.5 Å². The molecule has 22 heavy (non-hydrogen) atoms. The molecule has 0 unspecified atom stereocenters. The van der Waals surface area contributed by atoms with Crippen LogP contribution in [0.25, 0.3) is 21.9 Å². The highest BCUT2D eigenvalue weighted by atomic mass is 19.4. The number of nitrogens with one attached hydrogen (secondary N) is 1. The second-order valence-electron chi connectivity index (χ2n) is 4.57. The van der Waals surface area contributed by atoms with Crippen molar-refractivity contribution in [1.82, 2.24) is 10.2 Å². The van der Waals surface area contributed by atoms with Crippen LogP contribution in [0.5, 0.6) is 5.75 Å². The number of fused-ring (bicyclic) bond motifs is 1. The standard InChI is InChI=1S/C15H9F3N2O2/c16-15(17,18)22-12-4-1-9(2-5-12)10-3-6-13-11(7-10)8-19-20-14(13)21/h1-8H,(H,20,21). The summed E-state index contributed by atoms with van der Waals surface area (Å²) >= 11 is 0. The molecule has 0 amide bonds. The van der Waals surface area contributed by atoms with Gasteiger partial charge in [0.15, 0.2) is 0 Å². The molecule has 7 heteroatoms. The molecule has 4 nitrogen and oxygen atoms in total. The van der Waals surface area contributed by atoms with Gasteiger partial charge in [-0.3, -0.25) is 4.79 Å². The van der Waals surface area contributed by atoms with Crippen LogP contribution in [0.1, 0.15) is 0 Å². The van der Waals surface area contributed by atoms with Gasteiger partial charge in [-0.15, -0.1) is 13.2 Å². The quantitative estimate of drug-likeness (QED) is 0.788. The Morgan fingerprint density at radius 2 is 1.68 bits per heavy atom. The van der Waals surface area contributed by atoms with Gasteiger partial charge in [0.2, 0.25) is 0 Å². The zero-order valence-corrected chi connectivity index (χ0v) is 11.0. The monoisotopic (exact) mass is 306 g/mol. The van der Waals surface area contributed by atoms with Gasteiger partial charge in [-0.1, -0.05) is 18.2 Å². The number of halogens is 3. The number of hydrogen-bond donors (Lipinski definition) is 1. The molecular formula is C15H9F3N2O2. The average molecular weight is 306 g/mol. The second-order valence-corrected chi connectivity index (χ2v) is 4.57. The zero-order chi connectivity index (χ0) is 15.7. The van der Waals surface area contributed by atoms with E-state index in [0.29, 0.717) is 16.3 Å². The van der Waals surface area contributed by atoms with Gasteiger partial charge in [-0.25, -0.2) is 5.10 Å². The van der Waals surface area contributed by atoms with Crippen LogP contribution < -0.4 is 10.3 Å². The van der Waals surface area contributed by atoms with E-state index in [9.17, 15) is 18.0 Å². The third kappa shape index (κ3) is 2.93. The maximum absolute atomic E-state index is 12.1. The molecule has 0 fully saturated rings. The van der Waals surface area contributed by atoms with Crippen molar-refractivity contribution in [3.8, 4) is 16.9 Å². The Balaban J connectivity index is 1.96. The Labute approximate surface area is 122 Å². The van der Waals surface area contributed by atoms with E-state index in [1.54, 1.807) is 18.2 Å². The van der Waals surface area contributed by atoms with Crippen molar-refractivity contribution in [2.75, 3.05) is 0 Å². The molecule has 0 bridgehead atoms. The smallest absolute Gasteiger partial charge is 0.406 e. The zero-order valence-electron chi connectivity index (χ0n) is 11.0. The highest BCUT2D eigenvalue weighted by Gasteiger charge is 2.30. The molecule has 0 spiro atoms. The topological polar surface area (TPSA) is 55.0 Å². The molecule has 0 atom stereocenters. The molecule has 0 saturated heterocycles. The van der Waals surface area contributed by atoms with E-state index in [0.717, 1.165) is 5.56 Å². The number of benzene rings is 2. The number of nitrogens with zero attached hydrogens (tertiary/aromatic N) is 1. The van der Waals surface area contributed by atoms with Crippen molar-refractivity contribution in [3.63, 3.8) is 0 Å². The fourth-order valence-corrected chi connectivity index (χ4v) is 2.13. The number of H-pyrrole nitrogens is 1. The lowest BCUT2D eigenvalue weighted by Crippen LogP contribution is -2.16. The third-order valence-electron chi connectivity index (χ3n) is 3.09.